The molecule has 3 heterocycles. The Labute approximate surface area is 128 Å². The molecule has 1 N–H and O–H groups in total. The van der Waals surface area contributed by atoms with Gasteiger partial charge in [0, 0.05) is 30.9 Å². The summed E-state index contributed by atoms with van der Waals surface area (Å²) in [7, 11) is 0. The fraction of sp³-hybridized carbons (Fsp3) is 0.643. The summed E-state index contributed by atoms with van der Waals surface area (Å²) in [5.74, 6) is 1.69. The zero-order valence-electron chi connectivity index (χ0n) is 12.7. The van der Waals surface area contributed by atoms with Gasteiger partial charge in [0.05, 0.1) is 17.3 Å². The number of rotatable bonds is 4. The molecule has 1 fully saturated rings. The zero-order chi connectivity index (χ0) is 14.8. The van der Waals surface area contributed by atoms with Gasteiger partial charge in [0.2, 0.25) is 0 Å². The summed E-state index contributed by atoms with van der Waals surface area (Å²) >= 11 is 1.78. The summed E-state index contributed by atoms with van der Waals surface area (Å²) in [4.78, 5) is 12.7. The molecule has 6 nitrogen and oxygen atoms in total. The molecule has 114 valence electrons. The number of morpholine rings is 1. The summed E-state index contributed by atoms with van der Waals surface area (Å²) in [5.41, 5.74) is 1.15. The molecule has 2 aromatic rings. The number of nitrogens with zero attached hydrogens (tertiary/aromatic N) is 4. The van der Waals surface area contributed by atoms with Gasteiger partial charge in [-0.25, -0.2) is 9.97 Å². The van der Waals surface area contributed by atoms with Crippen LogP contribution < -0.4 is 0 Å². The first-order valence-corrected chi connectivity index (χ1v) is 8.15. The highest BCUT2D eigenvalue weighted by Crippen LogP contribution is 2.24. The fourth-order valence-corrected chi connectivity index (χ4v) is 3.52. The summed E-state index contributed by atoms with van der Waals surface area (Å²) in [5, 5.41) is 8.37. The van der Waals surface area contributed by atoms with E-state index in [-0.39, 0.29) is 6.10 Å². The largest absolute Gasteiger partial charge is 0.367 e. The molecule has 1 aliphatic heterocycles. The molecule has 0 aliphatic carbocycles. The number of nitrogens with one attached hydrogen (secondary N) is 1. The Morgan fingerprint density at radius 2 is 2.24 bits per heavy atom. The molecule has 1 aliphatic rings. The molecule has 0 bridgehead atoms. The monoisotopic (exact) mass is 307 g/mol. The number of thiazole rings is 1. The molecule has 7 heteroatoms. The molecule has 0 spiro atoms. The molecule has 0 amide bonds. The van der Waals surface area contributed by atoms with Crippen LogP contribution in [0.25, 0.3) is 0 Å². The SMILES string of the molecule is CCc1nc([C@@H]2CN(Cc3sc(C)nc3C)CCO2)n[nH]1. The second kappa shape index (κ2) is 6.21. The quantitative estimate of drug-likeness (QED) is 0.936. The van der Waals surface area contributed by atoms with Gasteiger partial charge in [-0.2, -0.15) is 5.10 Å². The highest BCUT2D eigenvalue weighted by Gasteiger charge is 2.26. The number of aromatic amines is 1. The maximum absolute atomic E-state index is 5.83. The van der Waals surface area contributed by atoms with Crippen LogP contribution in [0.3, 0.4) is 0 Å². The van der Waals surface area contributed by atoms with Crippen molar-refractivity contribution in [2.45, 2.75) is 39.8 Å². The van der Waals surface area contributed by atoms with Crippen LogP contribution in [0.4, 0.5) is 0 Å². The van der Waals surface area contributed by atoms with Gasteiger partial charge >= 0.3 is 0 Å². The van der Waals surface area contributed by atoms with E-state index in [9.17, 15) is 0 Å². The lowest BCUT2D eigenvalue weighted by Crippen LogP contribution is -2.38. The van der Waals surface area contributed by atoms with Crippen molar-refractivity contribution in [2.24, 2.45) is 0 Å². The second-order valence-corrected chi connectivity index (χ2v) is 6.62. The van der Waals surface area contributed by atoms with Gasteiger partial charge in [-0.1, -0.05) is 6.92 Å². The van der Waals surface area contributed by atoms with E-state index in [2.05, 4.69) is 45.8 Å². The fourth-order valence-electron chi connectivity index (χ4n) is 2.54. The van der Waals surface area contributed by atoms with Crippen molar-refractivity contribution in [3.8, 4) is 0 Å². The molecular formula is C14H21N5OS. The summed E-state index contributed by atoms with van der Waals surface area (Å²) in [6.07, 6.45) is 0.826. The maximum atomic E-state index is 5.83. The topological polar surface area (TPSA) is 66.9 Å². The van der Waals surface area contributed by atoms with Crippen molar-refractivity contribution in [2.75, 3.05) is 19.7 Å². The van der Waals surface area contributed by atoms with Crippen LogP contribution in [-0.4, -0.2) is 44.8 Å². The van der Waals surface area contributed by atoms with Gasteiger partial charge < -0.3 is 4.74 Å². The van der Waals surface area contributed by atoms with Crippen LogP contribution in [0.5, 0.6) is 0 Å². The summed E-state index contributed by atoms with van der Waals surface area (Å²) < 4.78 is 5.83. The standard InChI is InChI=1S/C14H21N5OS/c1-4-13-16-14(18-17-13)11-7-19(5-6-20-11)8-12-9(2)15-10(3)21-12/h11H,4-8H2,1-3H3,(H,16,17,18)/t11-/m0/s1. The number of aromatic nitrogens is 4. The van der Waals surface area contributed by atoms with Crippen molar-refractivity contribution >= 4 is 11.3 Å². The molecule has 21 heavy (non-hydrogen) atoms. The number of ether oxygens (including phenoxy) is 1. The van der Waals surface area contributed by atoms with E-state index < -0.39 is 0 Å². The van der Waals surface area contributed by atoms with E-state index in [0.29, 0.717) is 0 Å². The third kappa shape index (κ3) is 3.30. The van der Waals surface area contributed by atoms with Gasteiger partial charge in [-0.15, -0.1) is 11.3 Å². The maximum Gasteiger partial charge on any atom is 0.180 e. The highest BCUT2D eigenvalue weighted by atomic mass is 32.1. The molecule has 0 saturated carbocycles. The lowest BCUT2D eigenvalue weighted by Gasteiger charge is -2.31. The minimum absolute atomic E-state index is 0.0374. The van der Waals surface area contributed by atoms with E-state index in [1.165, 1.54) is 4.88 Å². The lowest BCUT2D eigenvalue weighted by molar-refractivity contribution is -0.0368. The predicted octanol–water partition coefficient (Wildman–Crippen LogP) is 2.01. The van der Waals surface area contributed by atoms with Crippen molar-refractivity contribution in [3.05, 3.63) is 27.2 Å². The van der Waals surface area contributed by atoms with E-state index in [4.69, 9.17) is 4.74 Å². The Morgan fingerprint density at radius 3 is 2.90 bits per heavy atom. The van der Waals surface area contributed by atoms with Gasteiger partial charge in [0.15, 0.2) is 5.82 Å². The second-order valence-electron chi connectivity index (χ2n) is 5.33. The van der Waals surface area contributed by atoms with Crippen LogP contribution in [0, 0.1) is 13.8 Å². The third-order valence-corrected chi connectivity index (χ3v) is 4.75. The minimum atomic E-state index is -0.0374. The Kier molecular flexibility index (Phi) is 4.32. The highest BCUT2D eigenvalue weighted by molar-refractivity contribution is 7.11. The van der Waals surface area contributed by atoms with E-state index in [1.54, 1.807) is 11.3 Å². The third-order valence-electron chi connectivity index (χ3n) is 3.69. The number of hydrogen-bond acceptors (Lipinski definition) is 6. The van der Waals surface area contributed by atoms with Crippen molar-refractivity contribution in [1.29, 1.82) is 0 Å². The Morgan fingerprint density at radius 1 is 1.38 bits per heavy atom. The Balaban J connectivity index is 1.66. The van der Waals surface area contributed by atoms with Gasteiger partial charge in [0.25, 0.3) is 0 Å². The summed E-state index contributed by atoms with van der Waals surface area (Å²) in [6.45, 7) is 9.63. The lowest BCUT2D eigenvalue weighted by atomic mass is 10.2. The molecule has 1 saturated heterocycles. The number of H-pyrrole nitrogens is 1. The van der Waals surface area contributed by atoms with Crippen LogP contribution in [0.2, 0.25) is 0 Å². The van der Waals surface area contributed by atoms with Crippen LogP contribution in [0.1, 0.15) is 40.3 Å². The van der Waals surface area contributed by atoms with Gasteiger partial charge in [-0.3, -0.25) is 10.00 Å². The molecule has 0 unspecified atom stereocenters. The van der Waals surface area contributed by atoms with E-state index in [0.717, 1.165) is 55.0 Å². The van der Waals surface area contributed by atoms with Gasteiger partial charge in [-0.05, 0) is 13.8 Å². The number of hydrogen-bond donors (Lipinski definition) is 1. The van der Waals surface area contributed by atoms with E-state index >= 15 is 0 Å². The Bertz CT molecular complexity index is 608. The first kappa shape index (κ1) is 14.6. The predicted molar refractivity (Wildman–Crippen MR) is 81.3 cm³/mol. The first-order chi connectivity index (χ1) is 10.2. The van der Waals surface area contributed by atoms with Gasteiger partial charge in [0.1, 0.15) is 11.9 Å². The van der Waals surface area contributed by atoms with Crippen molar-refractivity contribution in [1.82, 2.24) is 25.1 Å². The summed E-state index contributed by atoms with van der Waals surface area (Å²) in [6, 6.07) is 0. The normalized spacial score (nSPS) is 20.0. The molecule has 0 radical (unpaired) electrons. The molecule has 3 rings (SSSR count). The molecule has 1 atom stereocenters. The average Bonchev–Trinajstić information content (AvgIpc) is 3.06. The van der Waals surface area contributed by atoms with Crippen LogP contribution in [0.15, 0.2) is 0 Å². The average molecular weight is 307 g/mol. The molecular weight excluding hydrogens is 286 g/mol. The number of aryl methyl sites for hydroxylation is 3. The molecule has 0 aromatic carbocycles. The zero-order valence-corrected chi connectivity index (χ0v) is 13.5. The molecule has 2 aromatic heterocycles. The van der Waals surface area contributed by atoms with Crippen molar-refractivity contribution in [3.63, 3.8) is 0 Å². The first-order valence-electron chi connectivity index (χ1n) is 7.33. The van der Waals surface area contributed by atoms with Crippen molar-refractivity contribution < 1.29 is 4.74 Å². The smallest absolute Gasteiger partial charge is 0.180 e. The Hall–Kier alpha value is -1.31. The van der Waals surface area contributed by atoms with Crippen LogP contribution >= 0.6 is 11.3 Å². The van der Waals surface area contributed by atoms with Crippen LogP contribution in [-0.2, 0) is 17.7 Å². The van der Waals surface area contributed by atoms with E-state index in [1.807, 2.05) is 0 Å². The minimum Gasteiger partial charge on any atom is -0.367 e.